The summed E-state index contributed by atoms with van der Waals surface area (Å²) in [4.78, 5) is 0. The van der Waals surface area contributed by atoms with Gasteiger partial charge in [0, 0.05) is 12.5 Å². The minimum absolute atomic E-state index is 0.0306. The van der Waals surface area contributed by atoms with E-state index in [2.05, 4.69) is 50.2 Å². The fraction of sp³-hybridized carbons (Fsp3) is 0.412. The van der Waals surface area contributed by atoms with Gasteiger partial charge in [-0.15, -0.1) is 11.6 Å². The summed E-state index contributed by atoms with van der Waals surface area (Å²) in [5.41, 5.74) is 2.55. The lowest BCUT2D eigenvalue weighted by Gasteiger charge is -2.22. The van der Waals surface area contributed by atoms with Gasteiger partial charge in [-0.2, -0.15) is 0 Å². The van der Waals surface area contributed by atoms with E-state index in [0.29, 0.717) is 5.92 Å². The Hall–Kier alpha value is -1.05. The number of fused-ring (bicyclic) bond motifs is 1. The molecule has 3 rings (SSSR count). The molecule has 0 N–H and O–H groups in total. The molecule has 1 saturated heterocycles. The van der Waals surface area contributed by atoms with Crippen molar-refractivity contribution in [1.29, 1.82) is 0 Å². The van der Waals surface area contributed by atoms with E-state index in [1.165, 1.54) is 21.9 Å². The molecule has 19 heavy (non-hydrogen) atoms. The van der Waals surface area contributed by atoms with E-state index in [0.717, 1.165) is 13.0 Å². The Morgan fingerprint density at radius 2 is 1.89 bits per heavy atom. The molecule has 2 aromatic rings. The third-order valence-corrected chi connectivity index (χ3v) is 4.84. The zero-order valence-corrected chi connectivity index (χ0v) is 12.2. The second-order valence-electron chi connectivity index (χ2n) is 5.45. The normalized spacial score (nSPS) is 24.8. The van der Waals surface area contributed by atoms with Gasteiger partial charge in [0.25, 0.3) is 0 Å². The molecular formula is C17H19ClO. The summed E-state index contributed by atoms with van der Waals surface area (Å²) in [7, 11) is 0. The molecule has 1 aliphatic heterocycles. The summed E-state index contributed by atoms with van der Waals surface area (Å²) in [6.07, 6.45) is 1.31. The largest absolute Gasteiger partial charge is 0.378 e. The molecule has 100 valence electrons. The average molecular weight is 275 g/mol. The number of aryl methyl sites for hydroxylation is 1. The lowest BCUT2D eigenvalue weighted by molar-refractivity contribution is 0.105. The number of alkyl halides is 1. The maximum absolute atomic E-state index is 6.76. The fourth-order valence-corrected chi connectivity index (χ4v) is 3.60. The number of ether oxygens (including phenoxy) is 1. The molecule has 0 bridgehead atoms. The van der Waals surface area contributed by atoms with Crippen molar-refractivity contribution >= 4 is 22.4 Å². The van der Waals surface area contributed by atoms with Gasteiger partial charge in [-0.25, -0.2) is 0 Å². The summed E-state index contributed by atoms with van der Waals surface area (Å²) in [5.74, 6) is 0.410. The van der Waals surface area contributed by atoms with Crippen molar-refractivity contribution in [1.82, 2.24) is 0 Å². The van der Waals surface area contributed by atoms with E-state index in [1.54, 1.807) is 0 Å². The number of halogens is 1. The van der Waals surface area contributed by atoms with Gasteiger partial charge in [0.05, 0.1) is 11.5 Å². The number of rotatable bonds is 2. The van der Waals surface area contributed by atoms with Crippen LogP contribution in [0.5, 0.6) is 0 Å². The van der Waals surface area contributed by atoms with Crippen LogP contribution < -0.4 is 0 Å². The van der Waals surface area contributed by atoms with Gasteiger partial charge < -0.3 is 4.74 Å². The molecule has 0 spiro atoms. The molecule has 1 fully saturated rings. The molecule has 0 saturated carbocycles. The molecule has 2 aromatic carbocycles. The first kappa shape index (κ1) is 13.0. The lowest BCUT2D eigenvalue weighted by atomic mass is 9.89. The van der Waals surface area contributed by atoms with Gasteiger partial charge in [-0.3, -0.25) is 0 Å². The molecule has 0 aliphatic carbocycles. The molecule has 0 aromatic heterocycles. The van der Waals surface area contributed by atoms with Gasteiger partial charge in [-0.05, 0) is 42.2 Å². The Morgan fingerprint density at radius 1 is 1.16 bits per heavy atom. The first-order chi connectivity index (χ1) is 9.18. The zero-order valence-electron chi connectivity index (χ0n) is 11.4. The first-order valence-corrected chi connectivity index (χ1v) is 7.36. The Labute approximate surface area is 119 Å². The Morgan fingerprint density at radius 3 is 2.58 bits per heavy atom. The van der Waals surface area contributed by atoms with Crippen LogP contribution in [0.2, 0.25) is 0 Å². The summed E-state index contributed by atoms with van der Waals surface area (Å²) in [6.45, 7) is 5.11. The van der Waals surface area contributed by atoms with E-state index < -0.39 is 0 Å². The van der Waals surface area contributed by atoms with Crippen LogP contribution in [0, 0.1) is 12.8 Å². The van der Waals surface area contributed by atoms with E-state index in [4.69, 9.17) is 16.3 Å². The predicted molar refractivity (Wildman–Crippen MR) is 80.8 cm³/mol. The molecule has 1 aliphatic rings. The minimum Gasteiger partial charge on any atom is -0.378 e. The second kappa shape index (κ2) is 5.15. The predicted octanol–water partition coefficient (Wildman–Crippen LogP) is 4.85. The minimum atomic E-state index is 0.0306. The van der Waals surface area contributed by atoms with E-state index in [-0.39, 0.29) is 11.5 Å². The second-order valence-corrected chi connectivity index (χ2v) is 5.92. The SMILES string of the molecule is Cc1ccc(C(Cl)C2CCOC2C)c2ccccc12. The van der Waals surface area contributed by atoms with Crippen LogP contribution in [0.1, 0.15) is 29.8 Å². The average Bonchev–Trinajstić information content (AvgIpc) is 2.85. The molecule has 2 heteroatoms. The molecule has 1 nitrogen and oxygen atoms in total. The molecular weight excluding hydrogens is 256 g/mol. The lowest BCUT2D eigenvalue weighted by Crippen LogP contribution is -2.16. The summed E-state index contributed by atoms with van der Waals surface area (Å²) in [5, 5.41) is 2.61. The van der Waals surface area contributed by atoms with Crippen molar-refractivity contribution in [2.45, 2.75) is 31.7 Å². The van der Waals surface area contributed by atoms with Gasteiger partial charge in [0.1, 0.15) is 0 Å². The smallest absolute Gasteiger partial charge is 0.0644 e. The number of benzene rings is 2. The van der Waals surface area contributed by atoms with Crippen LogP contribution in [0.15, 0.2) is 36.4 Å². The van der Waals surface area contributed by atoms with Gasteiger partial charge >= 0.3 is 0 Å². The highest BCUT2D eigenvalue weighted by Crippen LogP contribution is 2.41. The van der Waals surface area contributed by atoms with Crippen LogP contribution in [0.4, 0.5) is 0 Å². The van der Waals surface area contributed by atoms with Crippen molar-refractivity contribution in [2.24, 2.45) is 5.92 Å². The van der Waals surface area contributed by atoms with E-state index >= 15 is 0 Å². The van der Waals surface area contributed by atoms with Crippen LogP contribution >= 0.6 is 11.6 Å². The first-order valence-electron chi connectivity index (χ1n) is 6.92. The highest BCUT2D eigenvalue weighted by Gasteiger charge is 2.32. The molecule has 1 heterocycles. The maximum atomic E-state index is 6.76. The van der Waals surface area contributed by atoms with Crippen molar-refractivity contribution in [3.8, 4) is 0 Å². The highest BCUT2D eigenvalue weighted by atomic mass is 35.5. The molecule has 3 unspecified atom stereocenters. The van der Waals surface area contributed by atoms with Crippen molar-refractivity contribution in [3.05, 3.63) is 47.5 Å². The van der Waals surface area contributed by atoms with E-state index in [1.807, 2.05) is 0 Å². The van der Waals surface area contributed by atoms with Gasteiger partial charge in [0.2, 0.25) is 0 Å². The quantitative estimate of drug-likeness (QED) is 0.711. The summed E-state index contributed by atoms with van der Waals surface area (Å²) in [6, 6.07) is 12.9. The van der Waals surface area contributed by atoms with Crippen LogP contribution in [0.3, 0.4) is 0 Å². The number of hydrogen-bond acceptors (Lipinski definition) is 1. The molecule has 0 amide bonds. The van der Waals surface area contributed by atoms with E-state index in [9.17, 15) is 0 Å². The van der Waals surface area contributed by atoms with Crippen LogP contribution in [-0.4, -0.2) is 12.7 Å². The monoisotopic (exact) mass is 274 g/mol. The Balaban J connectivity index is 2.07. The van der Waals surface area contributed by atoms with Crippen LogP contribution in [-0.2, 0) is 4.74 Å². The number of hydrogen-bond donors (Lipinski definition) is 0. The summed E-state index contributed by atoms with van der Waals surface area (Å²) >= 11 is 6.76. The van der Waals surface area contributed by atoms with Crippen molar-refractivity contribution in [2.75, 3.05) is 6.61 Å². The summed E-state index contributed by atoms with van der Waals surface area (Å²) < 4.78 is 5.66. The van der Waals surface area contributed by atoms with Gasteiger partial charge in [-0.1, -0.05) is 36.4 Å². The third kappa shape index (κ3) is 2.26. The third-order valence-electron chi connectivity index (χ3n) is 4.28. The Kier molecular flexibility index (Phi) is 3.51. The maximum Gasteiger partial charge on any atom is 0.0644 e. The zero-order chi connectivity index (χ0) is 13.4. The van der Waals surface area contributed by atoms with Gasteiger partial charge in [0.15, 0.2) is 0 Å². The molecule has 3 atom stereocenters. The topological polar surface area (TPSA) is 9.23 Å². The molecule has 0 radical (unpaired) electrons. The highest BCUT2D eigenvalue weighted by molar-refractivity contribution is 6.22. The fourth-order valence-electron chi connectivity index (χ4n) is 3.08. The van der Waals surface area contributed by atoms with Crippen molar-refractivity contribution in [3.63, 3.8) is 0 Å². The van der Waals surface area contributed by atoms with Crippen LogP contribution in [0.25, 0.3) is 10.8 Å². The standard InChI is InChI=1S/C17H19ClO/c1-11-7-8-16(15-6-4-3-5-13(11)15)17(18)14-9-10-19-12(14)2/h3-8,12,14,17H,9-10H2,1-2H3. The Bertz CT molecular complexity index is 593. The van der Waals surface area contributed by atoms with Crippen molar-refractivity contribution < 1.29 is 4.74 Å².